The van der Waals surface area contributed by atoms with Gasteiger partial charge in [0.15, 0.2) is 0 Å². The first-order valence-electron chi connectivity index (χ1n) is 8.76. The molecule has 1 atom stereocenters. The molecule has 4 nitrogen and oxygen atoms in total. The van der Waals surface area contributed by atoms with Crippen LogP contribution in [0, 0.1) is 19.8 Å². The molecule has 25 heavy (non-hydrogen) atoms. The van der Waals surface area contributed by atoms with E-state index in [0.29, 0.717) is 6.54 Å². The minimum atomic E-state index is -0.323. The van der Waals surface area contributed by atoms with Gasteiger partial charge in [-0.05, 0) is 43.0 Å². The summed E-state index contributed by atoms with van der Waals surface area (Å²) >= 11 is 0. The van der Waals surface area contributed by atoms with Crippen molar-refractivity contribution < 1.29 is 9.59 Å². The van der Waals surface area contributed by atoms with Crippen LogP contribution in [0.5, 0.6) is 0 Å². The lowest BCUT2D eigenvalue weighted by molar-refractivity contribution is -0.122. The highest BCUT2D eigenvalue weighted by Gasteiger charge is 2.36. The van der Waals surface area contributed by atoms with Crippen LogP contribution in [-0.4, -0.2) is 18.4 Å². The standard InChI is InChI=1S/C21H24N2O2/c1-4-16-10-7-9-15(3)20(16)23-13-17(12-19(23)24)21(25)22-18-11-6-5-8-14(18)2/h5-11,17H,4,12-13H2,1-3H3,(H,22,25). The monoisotopic (exact) mass is 336 g/mol. The van der Waals surface area contributed by atoms with Gasteiger partial charge < -0.3 is 10.2 Å². The highest BCUT2D eigenvalue weighted by molar-refractivity contribution is 6.04. The van der Waals surface area contributed by atoms with Gasteiger partial charge in [0.2, 0.25) is 11.8 Å². The van der Waals surface area contributed by atoms with Crippen molar-refractivity contribution in [1.29, 1.82) is 0 Å². The van der Waals surface area contributed by atoms with E-state index < -0.39 is 0 Å². The van der Waals surface area contributed by atoms with Crippen LogP contribution < -0.4 is 10.2 Å². The van der Waals surface area contributed by atoms with Crippen molar-refractivity contribution in [3.63, 3.8) is 0 Å². The molecule has 1 aliphatic heterocycles. The van der Waals surface area contributed by atoms with Crippen LogP contribution in [0.1, 0.15) is 30.0 Å². The Labute approximate surface area is 148 Å². The lowest BCUT2D eigenvalue weighted by atomic mass is 10.0. The smallest absolute Gasteiger partial charge is 0.229 e. The number of nitrogens with zero attached hydrogens (tertiary/aromatic N) is 1. The first kappa shape index (κ1) is 17.2. The lowest BCUT2D eigenvalue weighted by Crippen LogP contribution is -2.29. The molecule has 0 aromatic heterocycles. The van der Waals surface area contributed by atoms with E-state index in [1.807, 2.05) is 50.2 Å². The minimum Gasteiger partial charge on any atom is -0.326 e. The molecule has 0 bridgehead atoms. The fraction of sp³-hybridized carbons (Fsp3) is 0.333. The molecular formula is C21H24N2O2. The normalized spacial score (nSPS) is 17.0. The van der Waals surface area contributed by atoms with Crippen LogP contribution in [-0.2, 0) is 16.0 Å². The Balaban J connectivity index is 1.79. The zero-order valence-electron chi connectivity index (χ0n) is 15.0. The van der Waals surface area contributed by atoms with Crippen LogP contribution in [0.2, 0.25) is 0 Å². The Hall–Kier alpha value is -2.62. The predicted octanol–water partition coefficient (Wildman–Crippen LogP) is 3.86. The molecule has 1 N–H and O–H groups in total. The van der Waals surface area contributed by atoms with Crippen LogP contribution in [0.4, 0.5) is 11.4 Å². The van der Waals surface area contributed by atoms with Crippen LogP contribution in [0.25, 0.3) is 0 Å². The Morgan fingerprint density at radius 1 is 1.12 bits per heavy atom. The fourth-order valence-corrected chi connectivity index (χ4v) is 3.44. The Morgan fingerprint density at radius 2 is 1.84 bits per heavy atom. The maximum absolute atomic E-state index is 12.6. The molecule has 1 aliphatic rings. The summed E-state index contributed by atoms with van der Waals surface area (Å²) in [6.45, 7) is 6.50. The van der Waals surface area contributed by atoms with Crippen LogP contribution >= 0.6 is 0 Å². The number of carbonyl (C=O) groups is 2. The van der Waals surface area contributed by atoms with Crippen molar-refractivity contribution in [1.82, 2.24) is 0 Å². The highest BCUT2D eigenvalue weighted by atomic mass is 16.2. The third-order valence-electron chi connectivity index (χ3n) is 4.87. The summed E-state index contributed by atoms with van der Waals surface area (Å²) in [6, 6.07) is 13.8. The summed E-state index contributed by atoms with van der Waals surface area (Å²) in [5.74, 6) is -0.387. The summed E-state index contributed by atoms with van der Waals surface area (Å²) in [4.78, 5) is 27.0. The number of aryl methyl sites for hydroxylation is 3. The van der Waals surface area contributed by atoms with Crippen molar-refractivity contribution in [2.24, 2.45) is 5.92 Å². The molecular weight excluding hydrogens is 312 g/mol. The van der Waals surface area contributed by atoms with Gasteiger partial charge in [0, 0.05) is 24.3 Å². The van der Waals surface area contributed by atoms with Gasteiger partial charge >= 0.3 is 0 Å². The molecule has 2 amide bonds. The molecule has 1 unspecified atom stereocenters. The summed E-state index contributed by atoms with van der Waals surface area (Å²) in [5, 5.41) is 2.97. The minimum absolute atomic E-state index is 0.0222. The molecule has 3 rings (SSSR count). The van der Waals surface area contributed by atoms with Crippen molar-refractivity contribution in [3.8, 4) is 0 Å². The summed E-state index contributed by atoms with van der Waals surface area (Å²) in [6.07, 6.45) is 1.12. The quantitative estimate of drug-likeness (QED) is 0.922. The van der Waals surface area contributed by atoms with E-state index >= 15 is 0 Å². The number of hydrogen-bond acceptors (Lipinski definition) is 2. The summed E-state index contributed by atoms with van der Waals surface area (Å²) in [7, 11) is 0. The van der Waals surface area contributed by atoms with Crippen molar-refractivity contribution >= 4 is 23.2 Å². The van der Waals surface area contributed by atoms with Gasteiger partial charge in [0.25, 0.3) is 0 Å². The number of anilines is 2. The number of carbonyl (C=O) groups excluding carboxylic acids is 2. The Kier molecular flexibility index (Phi) is 4.88. The third kappa shape index (κ3) is 3.43. The molecule has 0 saturated carbocycles. The zero-order valence-corrected chi connectivity index (χ0v) is 15.0. The van der Waals surface area contributed by atoms with E-state index in [9.17, 15) is 9.59 Å². The molecule has 2 aromatic rings. The SMILES string of the molecule is CCc1cccc(C)c1N1CC(C(=O)Nc2ccccc2C)CC1=O. The second-order valence-electron chi connectivity index (χ2n) is 6.65. The largest absolute Gasteiger partial charge is 0.326 e. The second kappa shape index (κ2) is 7.09. The first-order chi connectivity index (χ1) is 12.0. The van der Waals surface area contributed by atoms with Crippen molar-refractivity contribution in [2.45, 2.75) is 33.6 Å². The van der Waals surface area contributed by atoms with E-state index in [0.717, 1.165) is 34.5 Å². The first-order valence-corrected chi connectivity index (χ1v) is 8.76. The van der Waals surface area contributed by atoms with Gasteiger partial charge in [-0.15, -0.1) is 0 Å². The Bertz CT molecular complexity index is 813. The van der Waals surface area contributed by atoms with Gasteiger partial charge in [0.05, 0.1) is 5.92 Å². The average Bonchev–Trinajstić information content (AvgIpc) is 2.98. The zero-order chi connectivity index (χ0) is 18.0. The number of hydrogen-bond donors (Lipinski definition) is 1. The molecule has 1 saturated heterocycles. The number of nitrogens with one attached hydrogen (secondary N) is 1. The molecule has 1 fully saturated rings. The fourth-order valence-electron chi connectivity index (χ4n) is 3.44. The highest BCUT2D eigenvalue weighted by Crippen LogP contribution is 2.32. The molecule has 0 aliphatic carbocycles. The van der Waals surface area contributed by atoms with Crippen LogP contribution in [0.15, 0.2) is 42.5 Å². The maximum Gasteiger partial charge on any atom is 0.229 e. The van der Waals surface area contributed by atoms with E-state index in [1.165, 1.54) is 0 Å². The van der Waals surface area contributed by atoms with E-state index in [4.69, 9.17) is 0 Å². The number of para-hydroxylation sites is 2. The summed E-state index contributed by atoms with van der Waals surface area (Å²) < 4.78 is 0. The van der Waals surface area contributed by atoms with E-state index in [1.54, 1.807) is 4.90 Å². The molecule has 0 radical (unpaired) electrons. The van der Waals surface area contributed by atoms with Crippen LogP contribution in [0.3, 0.4) is 0 Å². The predicted molar refractivity (Wildman–Crippen MR) is 101 cm³/mol. The Morgan fingerprint density at radius 3 is 2.56 bits per heavy atom. The maximum atomic E-state index is 12.6. The number of benzene rings is 2. The van der Waals surface area contributed by atoms with Gasteiger partial charge in [-0.25, -0.2) is 0 Å². The molecule has 0 spiro atoms. The third-order valence-corrected chi connectivity index (χ3v) is 4.87. The average molecular weight is 336 g/mol. The molecule has 1 heterocycles. The van der Waals surface area contributed by atoms with Crippen molar-refractivity contribution in [3.05, 3.63) is 59.2 Å². The number of rotatable bonds is 4. The molecule has 4 heteroatoms. The summed E-state index contributed by atoms with van der Waals surface area (Å²) in [5.41, 5.74) is 5.02. The molecule has 2 aromatic carbocycles. The van der Waals surface area contributed by atoms with Crippen molar-refractivity contribution in [2.75, 3.05) is 16.8 Å². The lowest BCUT2D eigenvalue weighted by Gasteiger charge is -2.22. The van der Waals surface area contributed by atoms with Gasteiger partial charge in [-0.1, -0.05) is 43.3 Å². The molecule has 130 valence electrons. The van der Waals surface area contributed by atoms with Gasteiger partial charge in [-0.2, -0.15) is 0 Å². The second-order valence-corrected chi connectivity index (χ2v) is 6.65. The topological polar surface area (TPSA) is 49.4 Å². The van der Waals surface area contributed by atoms with E-state index in [2.05, 4.69) is 18.3 Å². The van der Waals surface area contributed by atoms with Gasteiger partial charge in [0.1, 0.15) is 0 Å². The number of amides is 2. The van der Waals surface area contributed by atoms with E-state index in [-0.39, 0.29) is 24.2 Å². The van der Waals surface area contributed by atoms with Gasteiger partial charge in [-0.3, -0.25) is 9.59 Å².